The minimum absolute atomic E-state index is 0.108. The Hall–Kier alpha value is -2.90. The lowest BCUT2D eigenvalue weighted by molar-refractivity contribution is -0.142. The maximum Gasteiger partial charge on any atom is 0.422 e. The Morgan fingerprint density at radius 1 is 0.658 bits per heavy atom. The van der Waals surface area contributed by atoms with Gasteiger partial charge in [-0.25, -0.2) is 17.6 Å². The molecule has 0 nitrogen and oxygen atoms in total. The summed E-state index contributed by atoms with van der Waals surface area (Å²) in [6.45, 7) is 2.15. The maximum atomic E-state index is 14.4. The first-order valence-electron chi connectivity index (χ1n) is 12.7. The predicted molar refractivity (Wildman–Crippen MR) is 133 cm³/mol. The normalized spacial score (nSPS) is 17.6. The van der Waals surface area contributed by atoms with Crippen molar-refractivity contribution in [3.05, 3.63) is 83.4 Å². The van der Waals surface area contributed by atoms with E-state index < -0.39 is 35.0 Å². The van der Waals surface area contributed by atoms with Crippen LogP contribution in [-0.2, 0) is 6.18 Å². The molecule has 0 atom stereocenters. The number of halogens is 8. The van der Waals surface area contributed by atoms with Gasteiger partial charge in [0.2, 0.25) is 0 Å². The Morgan fingerprint density at radius 2 is 1.16 bits per heavy atom. The van der Waals surface area contributed by atoms with E-state index in [1.807, 2.05) is 0 Å². The molecule has 4 rings (SSSR count). The summed E-state index contributed by atoms with van der Waals surface area (Å²) in [7, 11) is 0. The van der Waals surface area contributed by atoms with Gasteiger partial charge in [-0.05, 0) is 65.3 Å². The Labute approximate surface area is 217 Å². The summed E-state index contributed by atoms with van der Waals surface area (Å²) in [5, 5.41) is 0. The van der Waals surface area contributed by atoms with E-state index in [-0.39, 0.29) is 17.8 Å². The lowest BCUT2D eigenvalue weighted by atomic mass is 9.79. The third kappa shape index (κ3) is 7.81. The molecule has 0 saturated heterocycles. The van der Waals surface area contributed by atoms with Crippen molar-refractivity contribution in [3.63, 3.8) is 0 Å². The van der Waals surface area contributed by atoms with Crippen molar-refractivity contribution >= 4 is 0 Å². The SMILES string of the molecule is CCCC1CCC(CCF)CC1.Fc1ccc(-c2ccc(-c3cc(F)c(C(F)(F)F)c(F)c3)c(F)c2)cc1. The highest BCUT2D eigenvalue weighted by Gasteiger charge is 2.38. The van der Waals surface area contributed by atoms with Gasteiger partial charge in [-0.3, -0.25) is 4.39 Å². The molecule has 8 heteroatoms. The molecule has 206 valence electrons. The van der Waals surface area contributed by atoms with Crippen LogP contribution in [0.1, 0.15) is 57.4 Å². The van der Waals surface area contributed by atoms with Gasteiger partial charge < -0.3 is 0 Å². The van der Waals surface area contributed by atoms with Gasteiger partial charge in [0.1, 0.15) is 28.8 Å². The molecule has 3 aromatic rings. The lowest BCUT2D eigenvalue weighted by Crippen LogP contribution is -2.14. The highest BCUT2D eigenvalue weighted by molar-refractivity contribution is 5.71. The van der Waals surface area contributed by atoms with Crippen molar-refractivity contribution in [1.82, 2.24) is 0 Å². The smallest absolute Gasteiger partial charge is 0.251 e. The van der Waals surface area contributed by atoms with Crippen molar-refractivity contribution in [2.24, 2.45) is 11.8 Å². The van der Waals surface area contributed by atoms with Gasteiger partial charge in [0.05, 0.1) is 6.67 Å². The quantitative estimate of drug-likeness (QED) is 0.272. The summed E-state index contributed by atoms with van der Waals surface area (Å²) in [4.78, 5) is 0. The minimum atomic E-state index is -5.20. The Kier molecular flexibility index (Phi) is 10.3. The summed E-state index contributed by atoms with van der Waals surface area (Å²) in [6, 6.07) is 9.72. The Balaban J connectivity index is 0.000000279. The van der Waals surface area contributed by atoms with E-state index in [0.717, 1.165) is 18.4 Å². The third-order valence-electron chi connectivity index (χ3n) is 6.96. The van der Waals surface area contributed by atoms with Crippen molar-refractivity contribution in [2.75, 3.05) is 6.67 Å². The number of hydrogen-bond donors (Lipinski definition) is 0. The zero-order valence-electron chi connectivity index (χ0n) is 21.0. The summed E-state index contributed by atoms with van der Waals surface area (Å²) in [6.07, 6.45) is 3.62. The van der Waals surface area contributed by atoms with Crippen molar-refractivity contribution in [3.8, 4) is 22.3 Å². The van der Waals surface area contributed by atoms with Crippen LogP contribution in [0.3, 0.4) is 0 Å². The van der Waals surface area contributed by atoms with Crippen LogP contribution in [0.5, 0.6) is 0 Å². The number of rotatable bonds is 6. The molecule has 0 heterocycles. The molecule has 0 aliphatic heterocycles. The van der Waals surface area contributed by atoms with Crippen LogP contribution >= 0.6 is 0 Å². The lowest BCUT2D eigenvalue weighted by Gasteiger charge is -2.27. The Morgan fingerprint density at radius 3 is 1.63 bits per heavy atom. The first-order chi connectivity index (χ1) is 18.0. The van der Waals surface area contributed by atoms with Gasteiger partial charge in [-0.1, -0.05) is 69.7 Å². The van der Waals surface area contributed by atoms with Gasteiger partial charge >= 0.3 is 6.18 Å². The molecule has 0 radical (unpaired) electrons. The van der Waals surface area contributed by atoms with Gasteiger partial charge in [0, 0.05) is 5.56 Å². The average Bonchev–Trinajstić information content (AvgIpc) is 2.85. The topological polar surface area (TPSA) is 0 Å². The van der Waals surface area contributed by atoms with Crippen LogP contribution in [0, 0.1) is 35.1 Å². The number of hydrogen-bond acceptors (Lipinski definition) is 0. The van der Waals surface area contributed by atoms with Crippen LogP contribution in [0.4, 0.5) is 35.1 Å². The molecule has 0 spiro atoms. The maximum absolute atomic E-state index is 14.4. The molecular formula is C30H30F8. The van der Waals surface area contributed by atoms with Gasteiger partial charge in [0.25, 0.3) is 0 Å². The van der Waals surface area contributed by atoms with E-state index >= 15 is 0 Å². The van der Waals surface area contributed by atoms with Crippen LogP contribution in [0.25, 0.3) is 22.3 Å². The zero-order valence-corrected chi connectivity index (χ0v) is 21.0. The van der Waals surface area contributed by atoms with E-state index in [2.05, 4.69) is 6.92 Å². The fourth-order valence-electron chi connectivity index (χ4n) is 4.94. The second-order valence-corrected chi connectivity index (χ2v) is 9.67. The molecule has 0 unspecified atom stereocenters. The number of alkyl halides is 4. The predicted octanol–water partition coefficient (Wildman–Crippen LogP) is 10.5. The first-order valence-corrected chi connectivity index (χ1v) is 12.7. The van der Waals surface area contributed by atoms with E-state index in [1.165, 1.54) is 74.9 Å². The molecule has 38 heavy (non-hydrogen) atoms. The highest BCUT2D eigenvalue weighted by Crippen LogP contribution is 2.37. The Bertz CT molecular complexity index is 1140. The summed E-state index contributed by atoms with van der Waals surface area (Å²) in [5.74, 6) is -3.33. The van der Waals surface area contributed by atoms with Gasteiger partial charge in [-0.2, -0.15) is 13.2 Å². The molecule has 0 aromatic heterocycles. The molecule has 3 aromatic carbocycles. The van der Waals surface area contributed by atoms with Crippen molar-refractivity contribution in [1.29, 1.82) is 0 Å². The van der Waals surface area contributed by atoms with Crippen LogP contribution in [0.15, 0.2) is 54.6 Å². The van der Waals surface area contributed by atoms with Crippen LogP contribution in [-0.4, -0.2) is 6.67 Å². The van der Waals surface area contributed by atoms with Crippen molar-refractivity contribution in [2.45, 2.75) is 58.0 Å². The first kappa shape index (κ1) is 29.7. The molecule has 0 amide bonds. The van der Waals surface area contributed by atoms with E-state index in [1.54, 1.807) is 0 Å². The molecule has 1 aliphatic carbocycles. The monoisotopic (exact) mass is 542 g/mol. The minimum Gasteiger partial charge on any atom is -0.251 e. The molecule has 1 saturated carbocycles. The van der Waals surface area contributed by atoms with E-state index in [0.29, 0.717) is 29.2 Å². The third-order valence-corrected chi connectivity index (χ3v) is 6.96. The molecule has 1 fully saturated rings. The fourth-order valence-corrected chi connectivity index (χ4v) is 4.94. The zero-order chi connectivity index (χ0) is 27.9. The van der Waals surface area contributed by atoms with E-state index in [4.69, 9.17) is 0 Å². The standard InChI is InChI=1S/C19H9F7.C11H21F/c20-13-4-1-10(2-5-13)11-3-6-14(15(21)7-11)12-8-16(22)18(17(23)9-12)19(24,25)26;1-2-3-10-4-6-11(7-5-10)8-9-12/h1-9H;10-11H,2-9H2,1H3. The van der Waals surface area contributed by atoms with Gasteiger partial charge in [0.15, 0.2) is 0 Å². The summed E-state index contributed by atoms with van der Waals surface area (Å²) >= 11 is 0. The molecule has 0 N–H and O–H groups in total. The van der Waals surface area contributed by atoms with E-state index in [9.17, 15) is 35.1 Å². The molecule has 0 bridgehead atoms. The fraction of sp³-hybridized carbons (Fsp3) is 0.400. The second-order valence-electron chi connectivity index (χ2n) is 9.67. The summed E-state index contributed by atoms with van der Waals surface area (Å²) < 4.78 is 105. The second kappa shape index (κ2) is 13.3. The van der Waals surface area contributed by atoms with Crippen molar-refractivity contribution < 1.29 is 35.1 Å². The molecular weight excluding hydrogens is 512 g/mol. The number of benzene rings is 3. The molecule has 1 aliphatic rings. The van der Waals surface area contributed by atoms with Crippen LogP contribution < -0.4 is 0 Å². The average molecular weight is 543 g/mol. The largest absolute Gasteiger partial charge is 0.422 e. The highest BCUT2D eigenvalue weighted by atomic mass is 19.4. The summed E-state index contributed by atoms with van der Waals surface area (Å²) in [5.41, 5.74) is -1.77. The van der Waals surface area contributed by atoms with Crippen LogP contribution in [0.2, 0.25) is 0 Å². The van der Waals surface area contributed by atoms with Gasteiger partial charge in [-0.15, -0.1) is 0 Å².